The van der Waals surface area contributed by atoms with Crippen LogP contribution in [0.5, 0.6) is 0 Å². The lowest BCUT2D eigenvalue weighted by Crippen LogP contribution is -2.01. The summed E-state index contributed by atoms with van der Waals surface area (Å²) in [5.74, 6) is 0. The quantitative estimate of drug-likeness (QED) is 0.199. The molecule has 4 heteroatoms. The molecule has 7 aromatic carbocycles. The second kappa shape index (κ2) is 10.9. The molecule has 2 aromatic heterocycles. The molecule has 0 saturated heterocycles. The smallest absolute Gasteiger partial charge is 0.101 e. The molecule has 0 atom stereocenters. The van der Waals surface area contributed by atoms with Gasteiger partial charge in [0.1, 0.15) is 6.07 Å². The van der Waals surface area contributed by atoms with E-state index in [1.807, 2.05) is 42.5 Å². The third-order valence-electron chi connectivity index (χ3n) is 9.37. The Labute approximate surface area is 277 Å². The highest BCUT2D eigenvalue weighted by atomic mass is 15.0. The van der Waals surface area contributed by atoms with Gasteiger partial charge in [0.15, 0.2) is 0 Å². The van der Waals surface area contributed by atoms with Crippen LogP contribution in [0.1, 0.15) is 11.1 Å². The van der Waals surface area contributed by atoms with Crippen molar-refractivity contribution < 1.29 is 0 Å². The number of benzene rings is 7. The maximum absolute atomic E-state index is 10.4. The Kier molecular flexibility index (Phi) is 6.22. The molecular formula is C44H26N4. The minimum absolute atomic E-state index is 0.566. The number of hydrogen-bond acceptors (Lipinski definition) is 2. The largest absolute Gasteiger partial charge is 0.309 e. The zero-order valence-electron chi connectivity index (χ0n) is 25.8. The Morgan fingerprint density at radius 3 is 1.62 bits per heavy atom. The molecule has 0 fully saturated rings. The summed E-state index contributed by atoms with van der Waals surface area (Å²) >= 11 is 0. The molecule has 0 bridgehead atoms. The Hall–Kier alpha value is -6.88. The average molecular weight is 611 g/mol. The van der Waals surface area contributed by atoms with E-state index in [9.17, 15) is 10.5 Å². The number of nitriles is 2. The van der Waals surface area contributed by atoms with E-state index in [1.165, 1.54) is 21.8 Å². The fourth-order valence-electron chi connectivity index (χ4n) is 7.28. The van der Waals surface area contributed by atoms with Crippen LogP contribution in [0, 0.1) is 22.7 Å². The standard InChI is InChI=1S/C44H26N4/c45-27-29-22-23-39-38-17-3-6-21-42(38)48(43(39)24-29)44-33(28-46)13-9-18-35(44)32-12-7-10-30(25-32)31-11-8-14-34(26-31)47-40-19-4-1-15-36(40)37-16-2-5-20-41(37)47/h1-26H. The zero-order valence-corrected chi connectivity index (χ0v) is 25.8. The molecule has 222 valence electrons. The van der Waals surface area contributed by atoms with Gasteiger partial charge in [-0.05, 0) is 71.3 Å². The summed E-state index contributed by atoms with van der Waals surface area (Å²) in [4.78, 5) is 0. The molecule has 0 spiro atoms. The SMILES string of the molecule is N#Cc1ccc2c3ccccc3n(-c3c(C#N)cccc3-c3cccc(-c4cccc(-n5c6ccccc6c6ccccc65)c4)c3)c2c1. The third-order valence-corrected chi connectivity index (χ3v) is 9.37. The van der Waals surface area contributed by atoms with Crippen molar-refractivity contribution in [3.8, 4) is 45.8 Å². The van der Waals surface area contributed by atoms with Gasteiger partial charge < -0.3 is 9.13 Å². The van der Waals surface area contributed by atoms with Crippen LogP contribution in [0.25, 0.3) is 77.2 Å². The highest BCUT2D eigenvalue weighted by molar-refractivity contribution is 6.11. The summed E-state index contributed by atoms with van der Waals surface area (Å²) in [6.07, 6.45) is 0. The molecule has 0 unspecified atom stereocenters. The van der Waals surface area contributed by atoms with E-state index < -0.39 is 0 Å². The number of nitrogens with zero attached hydrogens (tertiary/aromatic N) is 4. The van der Waals surface area contributed by atoms with Gasteiger partial charge in [0, 0.05) is 32.8 Å². The van der Waals surface area contributed by atoms with E-state index in [1.54, 1.807) is 0 Å². The Morgan fingerprint density at radius 1 is 0.396 bits per heavy atom. The fraction of sp³-hybridized carbons (Fsp3) is 0. The lowest BCUT2D eigenvalue weighted by atomic mass is 9.96. The third kappa shape index (κ3) is 4.14. The first-order chi connectivity index (χ1) is 23.7. The summed E-state index contributed by atoms with van der Waals surface area (Å²) in [5, 5.41) is 24.8. The van der Waals surface area contributed by atoms with E-state index in [4.69, 9.17) is 0 Å². The van der Waals surface area contributed by atoms with Gasteiger partial charge in [-0.2, -0.15) is 10.5 Å². The van der Waals surface area contributed by atoms with Gasteiger partial charge in [-0.1, -0.05) is 103 Å². The second-order valence-corrected chi connectivity index (χ2v) is 12.0. The first-order valence-corrected chi connectivity index (χ1v) is 15.9. The van der Waals surface area contributed by atoms with Crippen LogP contribution in [0.4, 0.5) is 0 Å². The maximum Gasteiger partial charge on any atom is 0.101 e. The van der Waals surface area contributed by atoms with Crippen molar-refractivity contribution in [3.05, 3.63) is 169 Å². The molecule has 48 heavy (non-hydrogen) atoms. The summed E-state index contributed by atoms with van der Waals surface area (Å²) in [6.45, 7) is 0. The molecule has 0 aliphatic rings. The van der Waals surface area contributed by atoms with Crippen molar-refractivity contribution in [2.24, 2.45) is 0 Å². The van der Waals surface area contributed by atoms with Crippen molar-refractivity contribution >= 4 is 43.6 Å². The molecule has 0 aliphatic heterocycles. The van der Waals surface area contributed by atoms with Crippen molar-refractivity contribution in [3.63, 3.8) is 0 Å². The zero-order chi connectivity index (χ0) is 32.2. The van der Waals surface area contributed by atoms with Gasteiger partial charge in [0.05, 0.1) is 45.0 Å². The maximum atomic E-state index is 10.4. The molecule has 0 saturated carbocycles. The highest BCUT2D eigenvalue weighted by Crippen LogP contribution is 2.39. The minimum Gasteiger partial charge on any atom is -0.309 e. The van der Waals surface area contributed by atoms with E-state index in [2.05, 4.69) is 137 Å². The first kappa shape index (κ1) is 27.4. The van der Waals surface area contributed by atoms with Crippen molar-refractivity contribution in [2.45, 2.75) is 0 Å². The first-order valence-electron chi connectivity index (χ1n) is 15.9. The Morgan fingerprint density at radius 2 is 0.958 bits per heavy atom. The monoisotopic (exact) mass is 610 g/mol. The number of rotatable bonds is 4. The number of fused-ring (bicyclic) bond motifs is 6. The number of para-hydroxylation sites is 4. The van der Waals surface area contributed by atoms with Gasteiger partial charge in [-0.25, -0.2) is 0 Å². The van der Waals surface area contributed by atoms with Gasteiger partial charge in [-0.15, -0.1) is 0 Å². The van der Waals surface area contributed by atoms with Crippen LogP contribution in [-0.4, -0.2) is 9.13 Å². The molecular weight excluding hydrogens is 585 g/mol. The molecule has 4 nitrogen and oxygen atoms in total. The summed E-state index contributed by atoms with van der Waals surface area (Å²) in [5.41, 5.74) is 11.4. The number of aromatic nitrogens is 2. The molecule has 0 N–H and O–H groups in total. The van der Waals surface area contributed by atoms with Crippen LogP contribution in [0.2, 0.25) is 0 Å². The molecule has 0 radical (unpaired) electrons. The Bertz CT molecular complexity index is 2760. The molecule has 9 aromatic rings. The van der Waals surface area contributed by atoms with E-state index in [0.717, 1.165) is 55.4 Å². The fourth-order valence-corrected chi connectivity index (χ4v) is 7.28. The average Bonchev–Trinajstić information content (AvgIpc) is 3.67. The minimum atomic E-state index is 0.566. The Balaban J connectivity index is 1.24. The highest BCUT2D eigenvalue weighted by Gasteiger charge is 2.20. The topological polar surface area (TPSA) is 57.4 Å². The molecule has 0 aliphatic carbocycles. The normalized spacial score (nSPS) is 11.3. The second-order valence-electron chi connectivity index (χ2n) is 12.0. The van der Waals surface area contributed by atoms with Crippen LogP contribution >= 0.6 is 0 Å². The summed E-state index contributed by atoms with van der Waals surface area (Å²) in [7, 11) is 0. The van der Waals surface area contributed by atoms with E-state index in [0.29, 0.717) is 11.1 Å². The van der Waals surface area contributed by atoms with Gasteiger partial charge in [0.25, 0.3) is 0 Å². The lowest BCUT2D eigenvalue weighted by molar-refractivity contribution is 1.17. The van der Waals surface area contributed by atoms with E-state index >= 15 is 0 Å². The molecule has 2 heterocycles. The van der Waals surface area contributed by atoms with Crippen molar-refractivity contribution in [2.75, 3.05) is 0 Å². The van der Waals surface area contributed by atoms with Crippen LogP contribution in [0.3, 0.4) is 0 Å². The lowest BCUT2D eigenvalue weighted by Gasteiger charge is -2.17. The van der Waals surface area contributed by atoms with Gasteiger partial charge >= 0.3 is 0 Å². The van der Waals surface area contributed by atoms with Crippen LogP contribution in [-0.2, 0) is 0 Å². The summed E-state index contributed by atoms with van der Waals surface area (Å²) in [6, 6.07) is 59.0. The summed E-state index contributed by atoms with van der Waals surface area (Å²) < 4.78 is 4.49. The molecule has 0 amide bonds. The van der Waals surface area contributed by atoms with Crippen molar-refractivity contribution in [1.29, 1.82) is 10.5 Å². The number of hydrogen-bond donors (Lipinski definition) is 0. The van der Waals surface area contributed by atoms with Crippen LogP contribution < -0.4 is 0 Å². The van der Waals surface area contributed by atoms with Gasteiger partial charge in [0.2, 0.25) is 0 Å². The predicted molar refractivity (Wildman–Crippen MR) is 195 cm³/mol. The van der Waals surface area contributed by atoms with Crippen molar-refractivity contribution in [1.82, 2.24) is 9.13 Å². The van der Waals surface area contributed by atoms with E-state index in [-0.39, 0.29) is 0 Å². The predicted octanol–water partition coefficient (Wildman–Crippen LogP) is 11.0. The van der Waals surface area contributed by atoms with Gasteiger partial charge in [-0.3, -0.25) is 0 Å². The molecule has 9 rings (SSSR count). The van der Waals surface area contributed by atoms with Crippen LogP contribution in [0.15, 0.2) is 158 Å².